The predicted octanol–water partition coefficient (Wildman–Crippen LogP) is 1.98. The average Bonchev–Trinajstić information content (AvgIpc) is 2.92. The number of hydrogen-bond acceptors (Lipinski definition) is 6. The second-order valence-corrected chi connectivity index (χ2v) is 6.19. The third kappa shape index (κ3) is 3.61. The normalized spacial score (nSPS) is 18.2. The maximum absolute atomic E-state index is 11.2. The summed E-state index contributed by atoms with van der Waals surface area (Å²) in [5, 5.41) is 4.40. The molecular weight excluding hydrogens is 318 g/mol. The van der Waals surface area contributed by atoms with Gasteiger partial charge in [-0.2, -0.15) is 4.98 Å². The van der Waals surface area contributed by atoms with E-state index < -0.39 is 5.91 Å². The SMILES string of the molecule is Cc1nc(CC2CCCN(c3ncc(C(N)=O)cc3Cl)C2)no1. The van der Waals surface area contributed by atoms with Crippen molar-refractivity contribution in [3.63, 3.8) is 0 Å². The Morgan fingerprint density at radius 3 is 3.04 bits per heavy atom. The third-order valence-corrected chi connectivity index (χ3v) is 4.24. The molecule has 0 aromatic carbocycles. The van der Waals surface area contributed by atoms with Gasteiger partial charge in [0.2, 0.25) is 11.8 Å². The zero-order valence-electron chi connectivity index (χ0n) is 12.8. The summed E-state index contributed by atoms with van der Waals surface area (Å²) in [7, 11) is 0. The van der Waals surface area contributed by atoms with E-state index in [-0.39, 0.29) is 0 Å². The molecule has 8 heteroatoms. The lowest BCUT2D eigenvalue weighted by molar-refractivity contribution is 0.1000. The van der Waals surface area contributed by atoms with Crippen molar-refractivity contribution in [1.82, 2.24) is 15.1 Å². The van der Waals surface area contributed by atoms with Crippen LogP contribution < -0.4 is 10.6 Å². The lowest BCUT2D eigenvalue weighted by Gasteiger charge is -2.33. The Morgan fingerprint density at radius 1 is 1.57 bits per heavy atom. The van der Waals surface area contributed by atoms with Crippen molar-refractivity contribution in [2.45, 2.75) is 26.2 Å². The molecular formula is C15H18ClN5O2. The first-order valence-corrected chi connectivity index (χ1v) is 7.90. The van der Waals surface area contributed by atoms with Crippen molar-refractivity contribution < 1.29 is 9.32 Å². The number of amides is 1. The largest absolute Gasteiger partial charge is 0.366 e. The van der Waals surface area contributed by atoms with E-state index in [1.54, 1.807) is 13.0 Å². The Kier molecular flexibility index (Phi) is 4.47. The summed E-state index contributed by atoms with van der Waals surface area (Å²) in [6.07, 6.45) is 4.37. The van der Waals surface area contributed by atoms with Gasteiger partial charge < -0.3 is 15.2 Å². The summed E-state index contributed by atoms with van der Waals surface area (Å²) >= 11 is 6.27. The van der Waals surface area contributed by atoms with Crippen LogP contribution in [0.5, 0.6) is 0 Å². The molecule has 122 valence electrons. The molecule has 1 aliphatic rings. The number of nitrogens with two attached hydrogens (primary N) is 1. The molecule has 0 saturated carbocycles. The van der Waals surface area contributed by atoms with E-state index in [4.69, 9.17) is 21.9 Å². The molecule has 1 unspecified atom stereocenters. The van der Waals surface area contributed by atoms with Crippen LogP contribution in [0.3, 0.4) is 0 Å². The van der Waals surface area contributed by atoms with Gasteiger partial charge in [-0.25, -0.2) is 4.98 Å². The fourth-order valence-electron chi connectivity index (χ4n) is 2.90. The first kappa shape index (κ1) is 15.7. The molecule has 1 atom stereocenters. The van der Waals surface area contributed by atoms with Gasteiger partial charge in [-0.3, -0.25) is 4.79 Å². The number of carbonyl (C=O) groups is 1. The molecule has 1 amide bonds. The highest BCUT2D eigenvalue weighted by Crippen LogP contribution is 2.29. The van der Waals surface area contributed by atoms with E-state index in [1.807, 2.05) is 0 Å². The molecule has 0 spiro atoms. The predicted molar refractivity (Wildman–Crippen MR) is 85.4 cm³/mol. The van der Waals surface area contributed by atoms with Crippen molar-refractivity contribution in [1.29, 1.82) is 0 Å². The van der Waals surface area contributed by atoms with E-state index in [0.717, 1.165) is 38.2 Å². The minimum Gasteiger partial charge on any atom is -0.366 e. The van der Waals surface area contributed by atoms with Crippen LogP contribution in [-0.4, -0.2) is 34.1 Å². The van der Waals surface area contributed by atoms with Crippen molar-refractivity contribution in [3.8, 4) is 0 Å². The second kappa shape index (κ2) is 6.54. The number of primary amides is 1. The van der Waals surface area contributed by atoms with Crippen molar-refractivity contribution in [2.24, 2.45) is 11.7 Å². The van der Waals surface area contributed by atoms with Gasteiger partial charge in [-0.1, -0.05) is 16.8 Å². The van der Waals surface area contributed by atoms with Crippen LogP contribution in [0.25, 0.3) is 0 Å². The highest BCUT2D eigenvalue weighted by atomic mass is 35.5. The molecule has 7 nitrogen and oxygen atoms in total. The standard InChI is InChI=1S/C15H18ClN5O2/c1-9-19-13(20-23-9)5-10-3-2-4-21(8-10)15-12(16)6-11(7-18-15)14(17)22/h6-7,10H,2-5,8H2,1H3,(H2,17,22). The van der Waals surface area contributed by atoms with E-state index in [0.29, 0.717) is 28.2 Å². The molecule has 2 aromatic rings. The minimum absolute atomic E-state index is 0.314. The van der Waals surface area contributed by atoms with Gasteiger partial charge >= 0.3 is 0 Å². The van der Waals surface area contributed by atoms with Crippen LogP contribution in [-0.2, 0) is 6.42 Å². The van der Waals surface area contributed by atoms with Gasteiger partial charge in [0.1, 0.15) is 5.82 Å². The third-order valence-electron chi connectivity index (χ3n) is 3.97. The van der Waals surface area contributed by atoms with Gasteiger partial charge in [-0.15, -0.1) is 0 Å². The maximum atomic E-state index is 11.2. The summed E-state index contributed by atoms with van der Waals surface area (Å²) in [5.74, 6) is 1.88. The van der Waals surface area contributed by atoms with Crippen LogP contribution in [0.2, 0.25) is 5.02 Å². The number of carbonyl (C=O) groups excluding carboxylic acids is 1. The van der Waals surface area contributed by atoms with Crippen molar-refractivity contribution in [3.05, 3.63) is 34.6 Å². The average molecular weight is 336 g/mol. The highest BCUT2D eigenvalue weighted by Gasteiger charge is 2.24. The maximum Gasteiger partial charge on any atom is 0.250 e. The number of halogens is 1. The number of anilines is 1. The summed E-state index contributed by atoms with van der Waals surface area (Å²) in [6.45, 7) is 3.48. The Balaban J connectivity index is 1.72. The number of hydrogen-bond donors (Lipinski definition) is 1. The number of nitrogens with zero attached hydrogens (tertiary/aromatic N) is 4. The summed E-state index contributed by atoms with van der Waals surface area (Å²) in [6, 6.07) is 1.57. The van der Waals surface area contributed by atoms with Gasteiger partial charge in [-0.05, 0) is 24.8 Å². The number of pyridine rings is 1. The zero-order chi connectivity index (χ0) is 16.4. The van der Waals surface area contributed by atoms with Crippen LogP contribution in [0.4, 0.5) is 5.82 Å². The fourth-order valence-corrected chi connectivity index (χ4v) is 3.19. The lowest BCUT2D eigenvalue weighted by Crippen LogP contribution is -2.37. The van der Waals surface area contributed by atoms with E-state index >= 15 is 0 Å². The topological polar surface area (TPSA) is 98.1 Å². The molecule has 3 heterocycles. The van der Waals surface area contributed by atoms with Crippen molar-refractivity contribution in [2.75, 3.05) is 18.0 Å². The molecule has 2 N–H and O–H groups in total. The summed E-state index contributed by atoms with van der Waals surface area (Å²) in [5.41, 5.74) is 5.56. The van der Waals surface area contributed by atoms with E-state index in [9.17, 15) is 4.79 Å². The van der Waals surface area contributed by atoms with Crippen LogP contribution in [0.1, 0.15) is 34.9 Å². The Hall–Kier alpha value is -2.15. The van der Waals surface area contributed by atoms with Gasteiger partial charge in [0.25, 0.3) is 0 Å². The molecule has 1 fully saturated rings. The molecule has 0 aliphatic carbocycles. The molecule has 2 aromatic heterocycles. The van der Waals surface area contributed by atoms with E-state index in [2.05, 4.69) is 20.0 Å². The molecule has 0 bridgehead atoms. The monoisotopic (exact) mass is 335 g/mol. The molecule has 23 heavy (non-hydrogen) atoms. The highest BCUT2D eigenvalue weighted by molar-refractivity contribution is 6.33. The molecule has 1 aliphatic heterocycles. The number of rotatable bonds is 4. The number of aromatic nitrogens is 3. The minimum atomic E-state index is -0.532. The first-order valence-electron chi connectivity index (χ1n) is 7.52. The Bertz CT molecular complexity index is 718. The number of aryl methyl sites for hydroxylation is 1. The lowest BCUT2D eigenvalue weighted by atomic mass is 9.94. The van der Waals surface area contributed by atoms with Crippen molar-refractivity contribution >= 4 is 23.3 Å². The van der Waals surface area contributed by atoms with Gasteiger partial charge in [0.15, 0.2) is 5.82 Å². The summed E-state index contributed by atoms with van der Waals surface area (Å²) < 4.78 is 5.02. The Morgan fingerprint density at radius 2 is 2.39 bits per heavy atom. The number of piperidine rings is 1. The summed E-state index contributed by atoms with van der Waals surface area (Å²) in [4.78, 5) is 21.9. The van der Waals surface area contributed by atoms with Gasteiger partial charge in [0.05, 0.1) is 10.6 Å². The second-order valence-electron chi connectivity index (χ2n) is 5.78. The van der Waals surface area contributed by atoms with Crippen LogP contribution in [0, 0.1) is 12.8 Å². The fraction of sp³-hybridized carbons (Fsp3) is 0.467. The Labute approximate surface area is 138 Å². The molecule has 1 saturated heterocycles. The van der Waals surface area contributed by atoms with E-state index in [1.165, 1.54) is 6.20 Å². The van der Waals surface area contributed by atoms with Gasteiger partial charge in [0, 0.05) is 32.6 Å². The molecule has 3 rings (SSSR count). The first-order chi connectivity index (χ1) is 11.0. The van der Waals surface area contributed by atoms with Crippen LogP contribution >= 0.6 is 11.6 Å². The smallest absolute Gasteiger partial charge is 0.250 e. The molecule has 0 radical (unpaired) electrons. The quantitative estimate of drug-likeness (QED) is 0.917. The van der Waals surface area contributed by atoms with Crippen LogP contribution in [0.15, 0.2) is 16.8 Å². The zero-order valence-corrected chi connectivity index (χ0v) is 13.6.